The minimum absolute atomic E-state index is 0.0956. The Morgan fingerprint density at radius 1 is 0.500 bits per heavy atom. The Morgan fingerprint density at radius 3 is 1.47 bits per heavy atom. The number of rotatable bonds is 3. The number of benzene rings is 3. The molecule has 3 rings (SSSR count). The van der Waals surface area contributed by atoms with Gasteiger partial charge in [0.05, 0.1) is 0 Å². The molecule has 0 atom stereocenters. The van der Waals surface area contributed by atoms with Gasteiger partial charge in [-0.1, -0.05) is 105 Å². The van der Waals surface area contributed by atoms with E-state index in [0.717, 1.165) is 29.5 Å². The highest BCUT2D eigenvalue weighted by atomic mass is 19.1. The Bertz CT molecular complexity index is 1120. The third-order valence-electron chi connectivity index (χ3n) is 6.11. The second-order valence-electron chi connectivity index (χ2n) is 14.2. The molecule has 0 bridgehead atoms. The Kier molecular flexibility index (Phi) is 12.4. The van der Waals surface area contributed by atoms with Crippen LogP contribution in [-0.4, -0.2) is 0 Å². The van der Waals surface area contributed by atoms with Gasteiger partial charge in [-0.25, -0.2) is 8.78 Å². The fraction of sp³-hybridized carbons (Fsp3) is 0.500. The van der Waals surface area contributed by atoms with Crippen molar-refractivity contribution < 1.29 is 8.78 Å². The zero-order valence-electron chi connectivity index (χ0n) is 26.2. The average molecular weight is 523 g/mol. The minimum Gasteiger partial charge on any atom is -0.207 e. The molecule has 0 N–H and O–H groups in total. The van der Waals surface area contributed by atoms with E-state index in [2.05, 4.69) is 93.5 Å². The summed E-state index contributed by atoms with van der Waals surface area (Å²) in [7, 11) is 0. The number of halogens is 2. The van der Waals surface area contributed by atoms with Gasteiger partial charge in [-0.15, -0.1) is 0 Å². The van der Waals surface area contributed by atoms with Crippen LogP contribution in [0.5, 0.6) is 0 Å². The van der Waals surface area contributed by atoms with Crippen molar-refractivity contribution in [1.29, 1.82) is 0 Å². The fourth-order valence-electron chi connectivity index (χ4n) is 4.20. The first kappa shape index (κ1) is 33.5. The first-order chi connectivity index (χ1) is 17.3. The third-order valence-corrected chi connectivity index (χ3v) is 6.11. The molecule has 38 heavy (non-hydrogen) atoms. The zero-order valence-corrected chi connectivity index (χ0v) is 26.2. The summed E-state index contributed by atoms with van der Waals surface area (Å²) in [4.78, 5) is 0. The monoisotopic (exact) mass is 522 g/mol. The fourth-order valence-corrected chi connectivity index (χ4v) is 4.20. The smallest absolute Gasteiger partial charge is 0.126 e. The number of aryl methyl sites for hydroxylation is 2. The van der Waals surface area contributed by atoms with E-state index in [1.165, 1.54) is 35.2 Å². The predicted molar refractivity (Wildman–Crippen MR) is 163 cm³/mol. The summed E-state index contributed by atoms with van der Waals surface area (Å²) in [5.74, 6) is -0.230. The van der Waals surface area contributed by atoms with Gasteiger partial charge in [-0.3, -0.25) is 0 Å². The summed E-state index contributed by atoms with van der Waals surface area (Å²) in [6.07, 6.45) is 3.02. The van der Waals surface area contributed by atoms with Gasteiger partial charge >= 0.3 is 0 Å². The Hall–Kier alpha value is -2.48. The number of hydrogen-bond donors (Lipinski definition) is 0. The van der Waals surface area contributed by atoms with Crippen LogP contribution in [0.25, 0.3) is 0 Å². The summed E-state index contributed by atoms with van der Waals surface area (Å²) < 4.78 is 26.1. The van der Waals surface area contributed by atoms with Crippen LogP contribution in [0.1, 0.15) is 95.7 Å². The summed E-state index contributed by atoms with van der Waals surface area (Å²) in [6, 6.07) is 18.9. The molecule has 0 unspecified atom stereocenters. The van der Waals surface area contributed by atoms with Gasteiger partial charge < -0.3 is 0 Å². The standard InChI is InChI=1S/2C12H17F.C12H18/c1-9-5-6-11(13)7-10(9)8-12(2,3)4;1-9-10(8-12(2,3)4)6-5-7-11(9)13;1-10-7-5-6-8-11(10)9-12(2,3)4/h2*5-7H,8H2,1-4H3;5-8H,9H2,1-4H3. The Morgan fingerprint density at radius 2 is 0.947 bits per heavy atom. The Balaban J connectivity index is 0.000000285. The molecular formula is C36H52F2. The van der Waals surface area contributed by atoms with E-state index in [-0.39, 0.29) is 22.5 Å². The molecule has 0 saturated carbocycles. The molecule has 0 nitrogen and oxygen atoms in total. The first-order valence-corrected chi connectivity index (χ1v) is 13.8. The lowest BCUT2D eigenvalue weighted by molar-refractivity contribution is 0.409. The summed E-state index contributed by atoms with van der Waals surface area (Å²) >= 11 is 0. The van der Waals surface area contributed by atoms with Crippen LogP contribution >= 0.6 is 0 Å². The van der Waals surface area contributed by atoms with E-state index in [0.29, 0.717) is 5.41 Å². The van der Waals surface area contributed by atoms with E-state index < -0.39 is 0 Å². The van der Waals surface area contributed by atoms with E-state index in [1.54, 1.807) is 12.1 Å². The van der Waals surface area contributed by atoms with Gasteiger partial charge in [0.2, 0.25) is 0 Å². The van der Waals surface area contributed by atoms with Crippen LogP contribution in [0.2, 0.25) is 0 Å². The second-order valence-corrected chi connectivity index (χ2v) is 14.2. The van der Waals surface area contributed by atoms with Crippen molar-refractivity contribution in [3.63, 3.8) is 0 Å². The molecule has 0 radical (unpaired) electrons. The molecule has 3 aromatic carbocycles. The quantitative estimate of drug-likeness (QED) is 0.321. The molecule has 210 valence electrons. The molecule has 2 heteroatoms. The normalized spacial score (nSPS) is 11.7. The molecule has 0 amide bonds. The second kappa shape index (κ2) is 14.1. The SMILES string of the molecule is Cc1c(F)cccc1CC(C)(C)C.Cc1ccc(F)cc1CC(C)(C)C.Cc1ccccc1CC(C)(C)C. The molecule has 0 aliphatic carbocycles. The van der Waals surface area contributed by atoms with Crippen molar-refractivity contribution in [3.05, 3.63) is 106 Å². The lowest BCUT2D eigenvalue weighted by Gasteiger charge is -2.19. The lowest BCUT2D eigenvalue weighted by Crippen LogP contribution is -2.10. The van der Waals surface area contributed by atoms with Gasteiger partial charge in [-0.2, -0.15) is 0 Å². The van der Waals surface area contributed by atoms with Crippen molar-refractivity contribution in [2.24, 2.45) is 16.2 Å². The minimum atomic E-state index is -0.134. The van der Waals surface area contributed by atoms with Crippen molar-refractivity contribution in [2.45, 2.75) is 102 Å². The molecule has 3 aromatic rings. The molecule has 0 fully saturated rings. The van der Waals surface area contributed by atoms with Crippen molar-refractivity contribution in [3.8, 4) is 0 Å². The van der Waals surface area contributed by atoms with Crippen LogP contribution in [0.4, 0.5) is 8.78 Å². The van der Waals surface area contributed by atoms with E-state index >= 15 is 0 Å². The van der Waals surface area contributed by atoms with E-state index in [4.69, 9.17) is 0 Å². The highest BCUT2D eigenvalue weighted by Gasteiger charge is 2.15. The van der Waals surface area contributed by atoms with Crippen molar-refractivity contribution in [1.82, 2.24) is 0 Å². The Labute approximate surface area is 232 Å². The molecule has 0 aliphatic rings. The molecular weight excluding hydrogens is 470 g/mol. The third kappa shape index (κ3) is 13.9. The predicted octanol–water partition coefficient (Wildman–Crippen LogP) is 11.0. The summed E-state index contributed by atoms with van der Waals surface area (Å²) in [5, 5.41) is 0. The van der Waals surface area contributed by atoms with Crippen LogP contribution in [-0.2, 0) is 19.3 Å². The van der Waals surface area contributed by atoms with Gasteiger partial charge in [0, 0.05) is 0 Å². The lowest BCUT2D eigenvalue weighted by atomic mass is 9.86. The van der Waals surface area contributed by atoms with Crippen LogP contribution in [0, 0.1) is 48.7 Å². The summed E-state index contributed by atoms with van der Waals surface area (Å²) in [6.45, 7) is 25.9. The van der Waals surface area contributed by atoms with Crippen molar-refractivity contribution >= 4 is 0 Å². The zero-order chi connectivity index (χ0) is 29.3. The van der Waals surface area contributed by atoms with E-state index in [1.807, 2.05) is 26.0 Å². The van der Waals surface area contributed by atoms with E-state index in [9.17, 15) is 8.78 Å². The van der Waals surface area contributed by atoms with Gasteiger partial charge in [-0.05, 0) is 108 Å². The molecule has 0 aliphatic heterocycles. The topological polar surface area (TPSA) is 0 Å². The molecule has 0 saturated heterocycles. The molecule has 0 spiro atoms. The highest BCUT2D eigenvalue weighted by molar-refractivity contribution is 5.29. The maximum absolute atomic E-state index is 13.2. The van der Waals surface area contributed by atoms with Crippen LogP contribution < -0.4 is 0 Å². The maximum Gasteiger partial charge on any atom is 0.126 e. The highest BCUT2D eigenvalue weighted by Crippen LogP contribution is 2.25. The molecule has 0 heterocycles. The van der Waals surface area contributed by atoms with Crippen LogP contribution in [0.3, 0.4) is 0 Å². The van der Waals surface area contributed by atoms with Gasteiger partial charge in [0.25, 0.3) is 0 Å². The summed E-state index contributed by atoms with van der Waals surface area (Å²) in [5.41, 5.74) is 7.93. The largest absolute Gasteiger partial charge is 0.207 e. The first-order valence-electron chi connectivity index (χ1n) is 13.8. The molecule has 0 aromatic heterocycles. The van der Waals surface area contributed by atoms with Gasteiger partial charge in [0.15, 0.2) is 0 Å². The number of hydrogen-bond acceptors (Lipinski definition) is 0. The van der Waals surface area contributed by atoms with Crippen LogP contribution in [0.15, 0.2) is 60.7 Å². The maximum atomic E-state index is 13.2. The average Bonchev–Trinajstić information content (AvgIpc) is 2.74. The van der Waals surface area contributed by atoms with Crippen molar-refractivity contribution in [2.75, 3.05) is 0 Å². The van der Waals surface area contributed by atoms with Gasteiger partial charge in [0.1, 0.15) is 11.6 Å².